The molecule has 1 aliphatic heterocycles. The monoisotopic (exact) mass is 385 g/mol. The van der Waals surface area contributed by atoms with Gasteiger partial charge in [0, 0.05) is 19.4 Å². The first kappa shape index (κ1) is 20.3. The van der Waals surface area contributed by atoms with Gasteiger partial charge >= 0.3 is 11.9 Å². The predicted octanol–water partition coefficient (Wildman–Crippen LogP) is 3.30. The third kappa shape index (κ3) is 2.96. The highest BCUT2D eigenvalue weighted by Crippen LogP contribution is 2.60. The van der Waals surface area contributed by atoms with Gasteiger partial charge in [-0.05, 0) is 32.8 Å². The van der Waals surface area contributed by atoms with Gasteiger partial charge in [-0.15, -0.1) is 0 Å². The Bertz CT molecular complexity index is 802. The van der Waals surface area contributed by atoms with Crippen LogP contribution in [0, 0.1) is 11.3 Å². The number of carbonyl (C=O) groups excluding carboxylic acids is 2. The average molecular weight is 385 g/mol. The van der Waals surface area contributed by atoms with Gasteiger partial charge in [-0.25, -0.2) is 4.99 Å². The van der Waals surface area contributed by atoms with Gasteiger partial charge in [-0.2, -0.15) is 0 Å². The number of carbonyl (C=O) groups is 2. The lowest BCUT2D eigenvalue weighted by Crippen LogP contribution is -2.50. The van der Waals surface area contributed by atoms with Crippen molar-refractivity contribution in [2.75, 3.05) is 13.2 Å². The summed E-state index contributed by atoms with van der Waals surface area (Å²) in [5.74, 6) is -1.12. The Morgan fingerprint density at radius 1 is 1.21 bits per heavy atom. The minimum atomic E-state index is -1.21. The van der Waals surface area contributed by atoms with Crippen LogP contribution in [0.15, 0.2) is 47.5 Å². The molecule has 0 aromatic heterocycles. The Morgan fingerprint density at radius 3 is 2.50 bits per heavy atom. The minimum absolute atomic E-state index is 0.210. The number of hydrogen-bond donors (Lipinski definition) is 0. The molecule has 2 aliphatic rings. The number of rotatable bonds is 7. The molecule has 1 fully saturated rings. The zero-order chi connectivity index (χ0) is 20.4. The summed E-state index contributed by atoms with van der Waals surface area (Å²) < 4.78 is 17.4. The number of ether oxygens (including phenoxy) is 3. The third-order valence-corrected chi connectivity index (χ3v) is 5.38. The summed E-state index contributed by atoms with van der Waals surface area (Å²) in [6, 6.07) is 9.48. The highest BCUT2D eigenvalue weighted by molar-refractivity contribution is 6.18. The Morgan fingerprint density at radius 2 is 1.93 bits per heavy atom. The lowest BCUT2D eigenvalue weighted by Gasteiger charge is -2.33. The van der Waals surface area contributed by atoms with Crippen LogP contribution in [-0.2, 0) is 23.8 Å². The van der Waals surface area contributed by atoms with E-state index in [-0.39, 0.29) is 12.5 Å². The maximum Gasteiger partial charge on any atom is 0.322 e. The molecule has 1 aromatic rings. The van der Waals surface area contributed by atoms with Crippen LogP contribution in [0.25, 0.3) is 0 Å². The molecule has 0 amide bonds. The standard InChI is InChI=1S/C22H27NO5/c1-5-11-17-14-21(20(25)26-6-2)18(16-12-9-8-10-13-16)23-22(17,27-7-3)19(21)28-15(4)24/h5,8-13,17,19H,6-7,14H2,1-4H3/b11-5-/t17-,19+,21+,22+/m1/s1. The molecule has 1 saturated carbocycles. The van der Waals surface area contributed by atoms with Gasteiger partial charge < -0.3 is 14.2 Å². The average Bonchev–Trinajstić information content (AvgIpc) is 3.08. The number of esters is 2. The molecule has 0 saturated heterocycles. The number of aliphatic imine (C=N–C) groups is 1. The predicted molar refractivity (Wildman–Crippen MR) is 105 cm³/mol. The van der Waals surface area contributed by atoms with Crippen molar-refractivity contribution in [3.63, 3.8) is 0 Å². The van der Waals surface area contributed by atoms with Crippen LogP contribution in [-0.4, -0.2) is 42.7 Å². The molecule has 0 N–H and O–H groups in total. The maximum absolute atomic E-state index is 13.3. The molecule has 0 radical (unpaired) electrons. The van der Waals surface area contributed by atoms with Crippen LogP contribution in [0.2, 0.25) is 0 Å². The summed E-state index contributed by atoms with van der Waals surface area (Å²) in [5.41, 5.74) is -0.993. The van der Waals surface area contributed by atoms with Crippen molar-refractivity contribution < 1.29 is 23.8 Å². The molecule has 2 bridgehead atoms. The molecule has 6 heteroatoms. The lowest BCUT2D eigenvalue weighted by atomic mass is 9.76. The van der Waals surface area contributed by atoms with Gasteiger partial charge in [0.05, 0.1) is 12.3 Å². The lowest BCUT2D eigenvalue weighted by molar-refractivity contribution is -0.179. The van der Waals surface area contributed by atoms with Crippen LogP contribution < -0.4 is 0 Å². The van der Waals surface area contributed by atoms with Gasteiger partial charge in [0.15, 0.2) is 11.5 Å². The minimum Gasteiger partial charge on any atom is -0.465 e. The van der Waals surface area contributed by atoms with Crippen LogP contribution >= 0.6 is 0 Å². The van der Waals surface area contributed by atoms with Crippen molar-refractivity contribution >= 4 is 17.7 Å². The van der Waals surface area contributed by atoms with E-state index >= 15 is 0 Å². The topological polar surface area (TPSA) is 74.2 Å². The van der Waals surface area contributed by atoms with E-state index < -0.39 is 29.2 Å². The summed E-state index contributed by atoms with van der Waals surface area (Å²) >= 11 is 0. The highest BCUT2D eigenvalue weighted by atomic mass is 16.6. The molecule has 6 nitrogen and oxygen atoms in total. The van der Waals surface area contributed by atoms with Gasteiger partial charge in [0.1, 0.15) is 0 Å². The number of nitrogens with zero attached hydrogens (tertiary/aromatic N) is 1. The van der Waals surface area contributed by atoms with E-state index in [1.54, 1.807) is 6.92 Å². The first-order chi connectivity index (χ1) is 13.5. The maximum atomic E-state index is 13.3. The van der Waals surface area contributed by atoms with Crippen LogP contribution in [0.3, 0.4) is 0 Å². The van der Waals surface area contributed by atoms with E-state index in [0.717, 1.165) is 5.56 Å². The SMILES string of the molecule is C/C=C\[C@@H]1C[C@]2(C(=O)OCC)C(c3ccccc3)=N[C@@]1(OCC)[C@H]2OC(C)=O. The largest absolute Gasteiger partial charge is 0.465 e. The first-order valence-electron chi connectivity index (χ1n) is 9.73. The van der Waals surface area contributed by atoms with Gasteiger partial charge in [0.2, 0.25) is 5.72 Å². The summed E-state index contributed by atoms with van der Waals surface area (Å²) in [5, 5.41) is 0. The molecule has 4 atom stereocenters. The fourth-order valence-electron chi connectivity index (χ4n) is 4.48. The zero-order valence-electron chi connectivity index (χ0n) is 16.8. The smallest absolute Gasteiger partial charge is 0.322 e. The summed E-state index contributed by atoms with van der Waals surface area (Å²) in [6.45, 7) is 7.47. The third-order valence-electron chi connectivity index (χ3n) is 5.38. The molecule has 28 heavy (non-hydrogen) atoms. The van der Waals surface area contributed by atoms with E-state index in [0.29, 0.717) is 18.7 Å². The molecular formula is C22H27NO5. The fourth-order valence-corrected chi connectivity index (χ4v) is 4.48. The second kappa shape index (κ2) is 7.87. The summed E-state index contributed by atoms with van der Waals surface area (Å²) in [6.07, 6.45) is 3.40. The van der Waals surface area contributed by atoms with E-state index in [9.17, 15) is 9.59 Å². The molecule has 1 heterocycles. The molecule has 1 aromatic carbocycles. The number of fused-ring (bicyclic) bond motifs is 2. The Labute approximate surface area is 165 Å². The van der Waals surface area contributed by atoms with E-state index in [1.165, 1.54) is 6.92 Å². The van der Waals surface area contributed by atoms with Crippen LogP contribution in [0.5, 0.6) is 0 Å². The van der Waals surface area contributed by atoms with E-state index in [1.807, 2.05) is 56.3 Å². The van der Waals surface area contributed by atoms with Crippen molar-refractivity contribution in [1.82, 2.24) is 0 Å². The molecule has 0 spiro atoms. The zero-order valence-corrected chi connectivity index (χ0v) is 16.8. The van der Waals surface area contributed by atoms with Gasteiger partial charge in [-0.3, -0.25) is 9.59 Å². The second-order valence-corrected chi connectivity index (χ2v) is 7.03. The van der Waals surface area contributed by atoms with Crippen molar-refractivity contribution in [3.05, 3.63) is 48.0 Å². The Balaban J connectivity index is 2.26. The van der Waals surface area contributed by atoms with E-state index in [2.05, 4.69) is 0 Å². The fraction of sp³-hybridized carbons (Fsp3) is 0.500. The second-order valence-electron chi connectivity index (χ2n) is 7.03. The summed E-state index contributed by atoms with van der Waals surface area (Å²) in [4.78, 5) is 30.2. The molecule has 1 aliphatic carbocycles. The van der Waals surface area contributed by atoms with Crippen molar-refractivity contribution in [3.8, 4) is 0 Å². The van der Waals surface area contributed by atoms with E-state index in [4.69, 9.17) is 19.2 Å². The number of allylic oxidation sites excluding steroid dienone is 1. The number of benzene rings is 1. The van der Waals surface area contributed by atoms with Crippen molar-refractivity contribution in [1.29, 1.82) is 0 Å². The Kier molecular flexibility index (Phi) is 5.70. The Hall–Kier alpha value is -2.47. The number of hydrogen-bond acceptors (Lipinski definition) is 6. The molecule has 0 unspecified atom stereocenters. The van der Waals surface area contributed by atoms with Gasteiger partial charge in [0.25, 0.3) is 0 Å². The van der Waals surface area contributed by atoms with Crippen molar-refractivity contribution in [2.24, 2.45) is 16.3 Å². The quantitative estimate of drug-likeness (QED) is 0.532. The van der Waals surface area contributed by atoms with Gasteiger partial charge in [-0.1, -0.05) is 42.5 Å². The molecule has 3 rings (SSSR count). The first-order valence-corrected chi connectivity index (χ1v) is 9.73. The van der Waals surface area contributed by atoms with Crippen LogP contribution in [0.1, 0.15) is 39.7 Å². The van der Waals surface area contributed by atoms with Crippen molar-refractivity contribution in [2.45, 2.75) is 45.9 Å². The summed E-state index contributed by atoms with van der Waals surface area (Å²) in [7, 11) is 0. The highest BCUT2D eigenvalue weighted by Gasteiger charge is 2.75. The van der Waals surface area contributed by atoms with Crippen LogP contribution in [0.4, 0.5) is 0 Å². The molecule has 150 valence electrons. The molecular weight excluding hydrogens is 358 g/mol. The normalized spacial score (nSPS) is 31.1.